The molecule has 16 heavy (non-hydrogen) atoms. The summed E-state index contributed by atoms with van der Waals surface area (Å²) in [5.74, 6) is 1.33. The van der Waals surface area contributed by atoms with Crippen LogP contribution in [0.15, 0.2) is 12.4 Å². The van der Waals surface area contributed by atoms with Crippen LogP contribution in [0.1, 0.15) is 13.8 Å². The molecule has 6 nitrogen and oxygen atoms in total. The average molecular weight is 223 g/mol. The van der Waals surface area contributed by atoms with E-state index < -0.39 is 0 Å². The van der Waals surface area contributed by atoms with Gasteiger partial charge in [0.2, 0.25) is 5.91 Å². The lowest BCUT2D eigenvalue weighted by atomic mass is 10.5. The maximum absolute atomic E-state index is 11.2. The average Bonchev–Trinajstić information content (AvgIpc) is 2.28. The highest BCUT2D eigenvalue weighted by Crippen LogP contribution is 2.07. The van der Waals surface area contributed by atoms with Crippen LogP contribution in [-0.4, -0.2) is 35.5 Å². The predicted octanol–water partition coefficient (Wildman–Crippen LogP) is 0.456. The second kappa shape index (κ2) is 6.60. The molecule has 0 aliphatic rings. The summed E-state index contributed by atoms with van der Waals surface area (Å²) in [7, 11) is 0. The zero-order chi connectivity index (χ0) is 11.8. The number of amides is 1. The number of rotatable bonds is 6. The van der Waals surface area contributed by atoms with Gasteiger partial charge in [0.05, 0.1) is 6.54 Å². The van der Waals surface area contributed by atoms with Crippen LogP contribution >= 0.6 is 0 Å². The fraction of sp³-hybridized carbons (Fsp3) is 0.500. The number of hydrogen-bond donors (Lipinski definition) is 3. The summed E-state index contributed by atoms with van der Waals surface area (Å²) in [5.41, 5.74) is 0. The van der Waals surface area contributed by atoms with Crippen molar-refractivity contribution in [2.24, 2.45) is 0 Å². The molecule has 3 N–H and O–H groups in total. The summed E-state index contributed by atoms with van der Waals surface area (Å²) in [6.45, 7) is 5.52. The van der Waals surface area contributed by atoms with Gasteiger partial charge in [0, 0.05) is 19.2 Å². The van der Waals surface area contributed by atoms with Gasteiger partial charge in [-0.15, -0.1) is 0 Å². The number of hydrogen-bond acceptors (Lipinski definition) is 5. The fourth-order valence-electron chi connectivity index (χ4n) is 1.16. The summed E-state index contributed by atoms with van der Waals surface area (Å²) in [6.07, 6.45) is 1.46. The number of carbonyl (C=O) groups excluding carboxylic acids is 1. The maximum Gasteiger partial charge on any atom is 0.239 e. The molecule has 1 rings (SSSR count). The van der Waals surface area contributed by atoms with Crippen LogP contribution in [0.5, 0.6) is 0 Å². The standard InChI is InChI=1S/C10H17N5O/c1-3-11-8-5-9(15-7-14-8)13-6-10(16)12-4-2/h5,7H,3-4,6H2,1-2H3,(H,12,16)(H2,11,13,14,15). The lowest BCUT2D eigenvalue weighted by Crippen LogP contribution is -2.29. The van der Waals surface area contributed by atoms with E-state index >= 15 is 0 Å². The fourth-order valence-corrected chi connectivity index (χ4v) is 1.16. The van der Waals surface area contributed by atoms with Crippen molar-refractivity contribution in [3.8, 4) is 0 Å². The van der Waals surface area contributed by atoms with Crippen molar-refractivity contribution in [1.29, 1.82) is 0 Å². The number of nitrogens with one attached hydrogen (secondary N) is 3. The molecule has 0 saturated carbocycles. The molecule has 0 bridgehead atoms. The molecule has 6 heteroatoms. The first-order valence-electron chi connectivity index (χ1n) is 5.32. The third-order valence-corrected chi connectivity index (χ3v) is 1.83. The first kappa shape index (κ1) is 12.2. The first-order valence-corrected chi connectivity index (χ1v) is 5.32. The van der Waals surface area contributed by atoms with E-state index in [1.807, 2.05) is 13.8 Å². The van der Waals surface area contributed by atoms with E-state index in [1.165, 1.54) is 6.33 Å². The van der Waals surface area contributed by atoms with E-state index in [0.717, 1.165) is 12.4 Å². The third kappa shape index (κ3) is 4.12. The van der Waals surface area contributed by atoms with Crippen LogP contribution < -0.4 is 16.0 Å². The zero-order valence-electron chi connectivity index (χ0n) is 9.58. The lowest BCUT2D eigenvalue weighted by molar-refractivity contribution is -0.119. The van der Waals surface area contributed by atoms with Crippen LogP contribution in [-0.2, 0) is 4.79 Å². The largest absolute Gasteiger partial charge is 0.370 e. The van der Waals surface area contributed by atoms with Crippen LogP contribution in [0, 0.1) is 0 Å². The summed E-state index contributed by atoms with van der Waals surface area (Å²) >= 11 is 0. The Labute approximate surface area is 94.9 Å². The molecule has 1 amide bonds. The van der Waals surface area contributed by atoms with Gasteiger partial charge < -0.3 is 16.0 Å². The normalized spacial score (nSPS) is 9.62. The van der Waals surface area contributed by atoms with Gasteiger partial charge in [-0.25, -0.2) is 9.97 Å². The summed E-state index contributed by atoms with van der Waals surface area (Å²) in [5, 5.41) is 8.69. The molecule has 0 saturated heterocycles. The van der Waals surface area contributed by atoms with Gasteiger partial charge in [-0.05, 0) is 13.8 Å². The molecule has 0 atom stereocenters. The van der Waals surface area contributed by atoms with Crippen molar-refractivity contribution in [3.63, 3.8) is 0 Å². The Balaban J connectivity index is 2.47. The predicted molar refractivity (Wildman–Crippen MR) is 63.4 cm³/mol. The first-order chi connectivity index (χ1) is 7.76. The Hall–Kier alpha value is -1.85. The van der Waals surface area contributed by atoms with E-state index in [9.17, 15) is 4.79 Å². The van der Waals surface area contributed by atoms with E-state index in [2.05, 4.69) is 25.9 Å². The quantitative estimate of drug-likeness (QED) is 0.653. The Morgan fingerprint density at radius 1 is 1.19 bits per heavy atom. The minimum Gasteiger partial charge on any atom is -0.370 e. The van der Waals surface area contributed by atoms with Crippen LogP contribution in [0.3, 0.4) is 0 Å². The summed E-state index contributed by atoms with van der Waals surface area (Å²) in [4.78, 5) is 19.2. The summed E-state index contributed by atoms with van der Waals surface area (Å²) in [6, 6.07) is 1.77. The minimum atomic E-state index is -0.0499. The Morgan fingerprint density at radius 2 is 1.88 bits per heavy atom. The Morgan fingerprint density at radius 3 is 2.50 bits per heavy atom. The molecule has 0 fully saturated rings. The molecule has 1 aromatic heterocycles. The second-order valence-corrected chi connectivity index (χ2v) is 3.13. The number of nitrogens with zero attached hydrogens (tertiary/aromatic N) is 2. The molecule has 0 radical (unpaired) electrons. The monoisotopic (exact) mass is 223 g/mol. The molecule has 1 aromatic rings. The van der Waals surface area contributed by atoms with Gasteiger partial charge in [-0.3, -0.25) is 4.79 Å². The van der Waals surface area contributed by atoms with Gasteiger partial charge in [0.15, 0.2) is 0 Å². The van der Waals surface area contributed by atoms with Crippen LogP contribution in [0.4, 0.5) is 11.6 Å². The number of aromatic nitrogens is 2. The SMILES string of the molecule is CCNC(=O)CNc1cc(NCC)ncn1. The molecule has 0 aliphatic carbocycles. The highest BCUT2D eigenvalue weighted by Gasteiger charge is 2.01. The van der Waals surface area contributed by atoms with Crippen molar-refractivity contribution in [3.05, 3.63) is 12.4 Å². The summed E-state index contributed by atoms with van der Waals surface area (Å²) < 4.78 is 0. The number of anilines is 2. The van der Waals surface area contributed by atoms with Crippen LogP contribution in [0.2, 0.25) is 0 Å². The van der Waals surface area contributed by atoms with E-state index in [4.69, 9.17) is 0 Å². The molecule has 0 aliphatic heterocycles. The van der Waals surface area contributed by atoms with Crippen molar-refractivity contribution >= 4 is 17.5 Å². The van der Waals surface area contributed by atoms with Gasteiger partial charge >= 0.3 is 0 Å². The molecular formula is C10H17N5O. The molecule has 88 valence electrons. The molecular weight excluding hydrogens is 206 g/mol. The maximum atomic E-state index is 11.2. The minimum absolute atomic E-state index is 0.0499. The van der Waals surface area contributed by atoms with Gasteiger partial charge in [-0.2, -0.15) is 0 Å². The lowest BCUT2D eigenvalue weighted by Gasteiger charge is -2.07. The Kier molecular flexibility index (Phi) is 5.04. The Bertz CT molecular complexity index is 342. The molecule has 0 spiro atoms. The number of carbonyl (C=O) groups is 1. The zero-order valence-corrected chi connectivity index (χ0v) is 9.58. The van der Waals surface area contributed by atoms with Crippen molar-refractivity contribution in [2.45, 2.75) is 13.8 Å². The van der Waals surface area contributed by atoms with Crippen molar-refractivity contribution in [2.75, 3.05) is 30.3 Å². The second-order valence-electron chi connectivity index (χ2n) is 3.13. The van der Waals surface area contributed by atoms with Crippen molar-refractivity contribution < 1.29 is 4.79 Å². The van der Waals surface area contributed by atoms with E-state index in [-0.39, 0.29) is 12.5 Å². The van der Waals surface area contributed by atoms with Crippen LogP contribution in [0.25, 0.3) is 0 Å². The van der Waals surface area contributed by atoms with E-state index in [1.54, 1.807) is 6.07 Å². The topological polar surface area (TPSA) is 78.9 Å². The number of likely N-dealkylation sites (N-methyl/N-ethyl adjacent to an activating group) is 1. The highest BCUT2D eigenvalue weighted by atomic mass is 16.1. The smallest absolute Gasteiger partial charge is 0.239 e. The third-order valence-electron chi connectivity index (χ3n) is 1.83. The van der Waals surface area contributed by atoms with Crippen molar-refractivity contribution in [1.82, 2.24) is 15.3 Å². The molecule has 0 aromatic carbocycles. The molecule has 0 unspecified atom stereocenters. The van der Waals surface area contributed by atoms with Gasteiger partial charge in [0.1, 0.15) is 18.0 Å². The highest BCUT2D eigenvalue weighted by molar-refractivity contribution is 5.80. The van der Waals surface area contributed by atoms with Gasteiger partial charge in [-0.1, -0.05) is 0 Å². The van der Waals surface area contributed by atoms with Gasteiger partial charge in [0.25, 0.3) is 0 Å². The van der Waals surface area contributed by atoms with E-state index in [0.29, 0.717) is 12.4 Å². The molecule has 1 heterocycles.